The highest BCUT2D eigenvalue weighted by atomic mass is 35.5. The lowest BCUT2D eigenvalue weighted by Crippen LogP contribution is -2.33. The number of halogens is 2. The van der Waals surface area contributed by atoms with Crippen LogP contribution in [-0.2, 0) is 4.79 Å². The molecular weight excluding hydrogens is 379 g/mol. The molecule has 9 heteroatoms. The van der Waals surface area contributed by atoms with Crippen LogP contribution < -0.4 is 21.3 Å². The van der Waals surface area contributed by atoms with Crippen molar-refractivity contribution in [2.75, 3.05) is 24.2 Å². The molecule has 0 bridgehead atoms. The summed E-state index contributed by atoms with van der Waals surface area (Å²) in [7, 11) is 1.51. The molecule has 136 valence electrons. The molecule has 0 aliphatic rings. The van der Waals surface area contributed by atoms with Crippen LogP contribution in [0.5, 0.6) is 0 Å². The third kappa shape index (κ3) is 5.65. The standard InChI is InChI=1S/C17H16Cl2N4O3/c1-20-17(26)23-12-5-3-11(4-6-12)22-15(24)9-21-16(25)13-7-2-10(18)8-14(13)19/h2-8H,9H2,1H3,(H,21,25)(H,22,24)(H2,20,23,26). The quantitative estimate of drug-likeness (QED) is 0.626. The summed E-state index contributed by atoms with van der Waals surface area (Å²) in [6.07, 6.45) is 0. The average Bonchev–Trinajstić information content (AvgIpc) is 2.61. The molecule has 0 aliphatic carbocycles. The maximum Gasteiger partial charge on any atom is 0.318 e. The minimum absolute atomic E-state index is 0.203. The van der Waals surface area contributed by atoms with Gasteiger partial charge in [-0.2, -0.15) is 0 Å². The molecule has 2 aromatic rings. The van der Waals surface area contributed by atoms with Gasteiger partial charge in [0, 0.05) is 23.4 Å². The average molecular weight is 395 g/mol. The van der Waals surface area contributed by atoms with Crippen LogP contribution in [-0.4, -0.2) is 31.4 Å². The van der Waals surface area contributed by atoms with E-state index >= 15 is 0 Å². The molecule has 4 amide bonds. The Bertz CT molecular complexity index is 825. The molecule has 2 rings (SSSR count). The van der Waals surface area contributed by atoms with Crippen LogP contribution in [0.1, 0.15) is 10.4 Å². The first-order chi connectivity index (χ1) is 12.4. The lowest BCUT2D eigenvalue weighted by molar-refractivity contribution is -0.115. The van der Waals surface area contributed by atoms with Gasteiger partial charge < -0.3 is 21.3 Å². The Balaban J connectivity index is 1.86. The SMILES string of the molecule is CNC(=O)Nc1ccc(NC(=O)CNC(=O)c2ccc(Cl)cc2Cl)cc1. The molecule has 0 saturated heterocycles. The van der Waals surface area contributed by atoms with Crippen molar-refractivity contribution in [1.29, 1.82) is 0 Å². The van der Waals surface area contributed by atoms with Crippen LogP contribution in [0, 0.1) is 0 Å². The molecule has 0 fully saturated rings. The number of carbonyl (C=O) groups excluding carboxylic acids is 3. The van der Waals surface area contributed by atoms with Gasteiger partial charge in [0.2, 0.25) is 5.91 Å². The van der Waals surface area contributed by atoms with Crippen molar-refractivity contribution < 1.29 is 14.4 Å². The topological polar surface area (TPSA) is 99.3 Å². The van der Waals surface area contributed by atoms with Crippen molar-refractivity contribution in [3.63, 3.8) is 0 Å². The Morgan fingerprint density at radius 3 is 2.12 bits per heavy atom. The summed E-state index contributed by atoms with van der Waals surface area (Å²) in [5.41, 5.74) is 1.33. The monoisotopic (exact) mass is 394 g/mol. The zero-order chi connectivity index (χ0) is 19.1. The van der Waals surface area contributed by atoms with E-state index in [0.717, 1.165) is 0 Å². The van der Waals surface area contributed by atoms with Gasteiger partial charge in [-0.3, -0.25) is 9.59 Å². The van der Waals surface area contributed by atoms with Gasteiger partial charge in [-0.1, -0.05) is 23.2 Å². The van der Waals surface area contributed by atoms with Crippen LogP contribution in [0.15, 0.2) is 42.5 Å². The summed E-state index contributed by atoms with van der Waals surface area (Å²) in [6.45, 7) is -0.226. The zero-order valence-electron chi connectivity index (χ0n) is 13.7. The van der Waals surface area contributed by atoms with Gasteiger partial charge in [0.15, 0.2) is 0 Å². The van der Waals surface area contributed by atoms with Crippen LogP contribution in [0.4, 0.5) is 16.2 Å². The first-order valence-corrected chi connectivity index (χ1v) is 8.26. The van der Waals surface area contributed by atoms with Gasteiger partial charge in [0.1, 0.15) is 0 Å². The molecule has 0 radical (unpaired) electrons. The highest BCUT2D eigenvalue weighted by Crippen LogP contribution is 2.20. The minimum atomic E-state index is -0.480. The molecule has 0 atom stereocenters. The molecule has 0 aliphatic heterocycles. The van der Waals surface area contributed by atoms with Crippen molar-refractivity contribution in [2.24, 2.45) is 0 Å². The van der Waals surface area contributed by atoms with Crippen molar-refractivity contribution in [2.45, 2.75) is 0 Å². The van der Waals surface area contributed by atoms with Gasteiger partial charge in [0.05, 0.1) is 17.1 Å². The Labute approximate surface area is 160 Å². The van der Waals surface area contributed by atoms with E-state index in [9.17, 15) is 14.4 Å². The van der Waals surface area contributed by atoms with E-state index in [2.05, 4.69) is 21.3 Å². The maximum absolute atomic E-state index is 12.0. The number of urea groups is 1. The van der Waals surface area contributed by atoms with Crippen LogP contribution >= 0.6 is 23.2 Å². The summed E-state index contributed by atoms with van der Waals surface area (Å²) in [6, 6.07) is 10.7. The predicted molar refractivity (Wildman–Crippen MR) is 102 cm³/mol. The summed E-state index contributed by atoms with van der Waals surface area (Å²) >= 11 is 11.7. The molecule has 0 spiro atoms. The van der Waals surface area contributed by atoms with Crippen LogP contribution in [0.3, 0.4) is 0 Å². The molecule has 0 aromatic heterocycles. The molecule has 26 heavy (non-hydrogen) atoms. The first-order valence-electron chi connectivity index (χ1n) is 7.51. The van der Waals surface area contributed by atoms with E-state index < -0.39 is 11.8 Å². The number of anilines is 2. The van der Waals surface area contributed by atoms with E-state index in [0.29, 0.717) is 16.4 Å². The lowest BCUT2D eigenvalue weighted by atomic mass is 10.2. The van der Waals surface area contributed by atoms with Crippen LogP contribution in [0.25, 0.3) is 0 Å². The minimum Gasteiger partial charge on any atom is -0.343 e. The summed E-state index contributed by atoms with van der Waals surface area (Å²) in [5.74, 6) is -0.887. The molecular formula is C17H16Cl2N4O3. The van der Waals surface area contributed by atoms with E-state index in [-0.39, 0.29) is 23.2 Å². The van der Waals surface area contributed by atoms with Crippen molar-refractivity contribution in [3.05, 3.63) is 58.1 Å². The maximum atomic E-state index is 12.0. The largest absolute Gasteiger partial charge is 0.343 e. The first kappa shape index (κ1) is 19.6. The van der Waals surface area contributed by atoms with Gasteiger partial charge >= 0.3 is 6.03 Å². The fourth-order valence-electron chi connectivity index (χ4n) is 1.97. The highest BCUT2D eigenvalue weighted by molar-refractivity contribution is 6.36. The van der Waals surface area contributed by atoms with Gasteiger partial charge in [0.25, 0.3) is 5.91 Å². The molecule has 0 unspecified atom stereocenters. The second kappa shape index (κ2) is 9.07. The molecule has 0 heterocycles. The molecule has 4 N–H and O–H groups in total. The van der Waals surface area contributed by atoms with E-state index in [1.54, 1.807) is 24.3 Å². The van der Waals surface area contributed by atoms with Gasteiger partial charge in [-0.15, -0.1) is 0 Å². The third-order valence-corrected chi connectivity index (χ3v) is 3.79. The van der Waals surface area contributed by atoms with Crippen molar-refractivity contribution in [3.8, 4) is 0 Å². The van der Waals surface area contributed by atoms with Crippen molar-refractivity contribution >= 4 is 52.4 Å². The summed E-state index contributed by atoms with van der Waals surface area (Å²) in [5, 5.41) is 10.8. The zero-order valence-corrected chi connectivity index (χ0v) is 15.2. The molecule has 2 aromatic carbocycles. The molecule has 7 nitrogen and oxygen atoms in total. The Kier molecular flexibility index (Phi) is 6.82. The number of benzene rings is 2. The Hall–Kier alpha value is -2.77. The van der Waals surface area contributed by atoms with E-state index in [1.165, 1.54) is 25.2 Å². The van der Waals surface area contributed by atoms with E-state index in [1.807, 2.05) is 0 Å². The normalized spacial score (nSPS) is 9.96. The second-order valence-corrected chi connectivity index (χ2v) is 5.98. The van der Waals surface area contributed by atoms with Crippen molar-refractivity contribution in [1.82, 2.24) is 10.6 Å². The second-order valence-electron chi connectivity index (χ2n) is 5.14. The summed E-state index contributed by atoms with van der Waals surface area (Å²) < 4.78 is 0. The Morgan fingerprint density at radius 1 is 0.923 bits per heavy atom. The third-order valence-electron chi connectivity index (χ3n) is 3.24. The number of rotatable bonds is 5. The predicted octanol–water partition coefficient (Wildman–Crippen LogP) is 3.11. The fraction of sp³-hybridized carbons (Fsp3) is 0.118. The number of carbonyl (C=O) groups is 3. The number of amides is 4. The lowest BCUT2D eigenvalue weighted by Gasteiger charge is -2.09. The summed E-state index contributed by atoms with van der Waals surface area (Å²) in [4.78, 5) is 35.2. The number of hydrogen-bond donors (Lipinski definition) is 4. The van der Waals surface area contributed by atoms with Gasteiger partial charge in [-0.05, 0) is 42.5 Å². The smallest absolute Gasteiger partial charge is 0.318 e. The molecule has 0 saturated carbocycles. The fourth-order valence-corrected chi connectivity index (χ4v) is 2.46. The van der Waals surface area contributed by atoms with Crippen LogP contribution in [0.2, 0.25) is 10.0 Å². The van der Waals surface area contributed by atoms with E-state index in [4.69, 9.17) is 23.2 Å². The number of hydrogen-bond acceptors (Lipinski definition) is 3. The number of nitrogens with one attached hydrogen (secondary N) is 4. The highest BCUT2D eigenvalue weighted by Gasteiger charge is 2.12. The van der Waals surface area contributed by atoms with Gasteiger partial charge in [-0.25, -0.2) is 4.79 Å². The Morgan fingerprint density at radius 2 is 1.54 bits per heavy atom.